The van der Waals surface area contributed by atoms with Crippen LogP contribution in [0, 0.1) is 0 Å². The zero-order valence-corrected chi connectivity index (χ0v) is 13.4. The zero-order valence-electron chi connectivity index (χ0n) is 11.8. The number of carbonyl (C=O) groups excluding carboxylic acids is 1. The third-order valence-corrected chi connectivity index (χ3v) is 3.62. The first-order chi connectivity index (χ1) is 9.39. The van der Waals surface area contributed by atoms with Gasteiger partial charge in [0.2, 0.25) is 0 Å². The quantitative estimate of drug-likeness (QED) is 0.828. The number of carbonyl (C=O) groups is 1. The fourth-order valence-corrected chi connectivity index (χ4v) is 2.35. The number of amides is 1. The summed E-state index contributed by atoms with van der Waals surface area (Å²) in [4.78, 5) is 16.6. The fourth-order valence-electron chi connectivity index (χ4n) is 2.00. The summed E-state index contributed by atoms with van der Waals surface area (Å²) >= 11 is 3.33. The molecule has 3 nitrogen and oxygen atoms in total. The van der Waals surface area contributed by atoms with E-state index in [1.807, 2.05) is 30.3 Å². The molecule has 1 heterocycles. The molecule has 0 saturated carbocycles. The van der Waals surface area contributed by atoms with Crippen molar-refractivity contribution in [1.82, 2.24) is 4.98 Å². The summed E-state index contributed by atoms with van der Waals surface area (Å²) in [6, 6.07) is 11.3. The van der Waals surface area contributed by atoms with Crippen LogP contribution in [0.25, 0.3) is 0 Å². The van der Waals surface area contributed by atoms with Gasteiger partial charge in [0.1, 0.15) is 4.60 Å². The van der Waals surface area contributed by atoms with E-state index < -0.39 is 0 Å². The predicted octanol–water partition coefficient (Wildman–Crippen LogP) is 4.39. The van der Waals surface area contributed by atoms with Crippen molar-refractivity contribution in [2.45, 2.75) is 26.2 Å². The summed E-state index contributed by atoms with van der Waals surface area (Å²) in [7, 11) is 0. The van der Waals surface area contributed by atoms with Gasteiger partial charge in [-0.1, -0.05) is 39.0 Å². The molecule has 0 bridgehead atoms. The number of pyridine rings is 1. The lowest BCUT2D eigenvalue weighted by Crippen LogP contribution is -2.21. The third kappa shape index (κ3) is 3.25. The Morgan fingerprint density at radius 2 is 1.85 bits per heavy atom. The van der Waals surface area contributed by atoms with E-state index in [4.69, 9.17) is 0 Å². The van der Waals surface area contributed by atoms with Gasteiger partial charge in [-0.3, -0.25) is 4.79 Å². The molecule has 0 fully saturated rings. The Morgan fingerprint density at radius 3 is 2.50 bits per heavy atom. The van der Waals surface area contributed by atoms with E-state index in [0.717, 1.165) is 5.56 Å². The van der Waals surface area contributed by atoms with Crippen molar-refractivity contribution in [1.29, 1.82) is 0 Å². The molecule has 4 heteroatoms. The summed E-state index contributed by atoms with van der Waals surface area (Å²) < 4.78 is 0.626. The van der Waals surface area contributed by atoms with Gasteiger partial charge in [0.05, 0.1) is 5.69 Å². The van der Waals surface area contributed by atoms with Gasteiger partial charge in [0.25, 0.3) is 5.91 Å². The van der Waals surface area contributed by atoms with Crippen molar-refractivity contribution in [2.24, 2.45) is 0 Å². The summed E-state index contributed by atoms with van der Waals surface area (Å²) in [5.41, 5.74) is 2.30. The van der Waals surface area contributed by atoms with E-state index >= 15 is 0 Å². The van der Waals surface area contributed by atoms with Gasteiger partial charge < -0.3 is 5.32 Å². The minimum absolute atomic E-state index is 0.0832. The van der Waals surface area contributed by atoms with E-state index in [-0.39, 0.29) is 11.3 Å². The molecule has 104 valence electrons. The Kier molecular flexibility index (Phi) is 4.23. The second kappa shape index (κ2) is 5.75. The molecule has 1 aromatic carbocycles. The molecule has 0 saturated heterocycles. The van der Waals surface area contributed by atoms with Crippen LogP contribution in [0.4, 0.5) is 5.69 Å². The number of benzene rings is 1. The normalized spacial score (nSPS) is 11.2. The summed E-state index contributed by atoms with van der Waals surface area (Å²) in [5.74, 6) is -0.121. The Bertz CT molecular complexity index is 632. The van der Waals surface area contributed by atoms with Crippen molar-refractivity contribution in [3.05, 3.63) is 58.3 Å². The molecule has 0 unspecified atom stereocenters. The highest BCUT2D eigenvalue weighted by Crippen LogP contribution is 2.27. The molecular formula is C16H17BrN2O. The number of nitrogens with zero attached hydrogens (tertiary/aromatic N) is 1. The van der Waals surface area contributed by atoms with Gasteiger partial charge in [-0.05, 0) is 45.1 Å². The maximum atomic E-state index is 12.5. The van der Waals surface area contributed by atoms with E-state index in [1.165, 1.54) is 0 Å². The van der Waals surface area contributed by atoms with Crippen LogP contribution in [0.1, 0.15) is 36.7 Å². The van der Waals surface area contributed by atoms with Gasteiger partial charge in [-0.25, -0.2) is 4.98 Å². The molecular weight excluding hydrogens is 316 g/mol. The van der Waals surface area contributed by atoms with Crippen LogP contribution in [-0.2, 0) is 5.41 Å². The summed E-state index contributed by atoms with van der Waals surface area (Å²) in [6.07, 6.45) is 1.67. The van der Waals surface area contributed by atoms with E-state index in [0.29, 0.717) is 15.9 Å². The maximum absolute atomic E-state index is 12.5. The van der Waals surface area contributed by atoms with Crippen molar-refractivity contribution in [3.63, 3.8) is 0 Å². The second-order valence-electron chi connectivity index (χ2n) is 5.59. The Morgan fingerprint density at radius 1 is 1.15 bits per heavy atom. The topological polar surface area (TPSA) is 42.0 Å². The number of anilines is 1. The van der Waals surface area contributed by atoms with Crippen molar-refractivity contribution in [3.8, 4) is 0 Å². The molecule has 1 amide bonds. The molecule has 0 spiro atoms. The van der Waals surface area contributed by atoms with Gasteiger partial charge in [-0.15, -0.1) is 0 Å². The minimum Gasteiger partial charge on any atom is -0.320 e. The highest BCUT2D eigenvalue weighted by atomic mass is 79.9. The monoisotopic (exact) mass is 332 g/mol. The second-order valence-corrected chi connectivity index (χ2v) is 6.34. The molecule has 0 aliphatic carbocycles. The molecule has 0 aliphatic heterocycles. The van der Waals surface area contributed by atoms with Crippen LogP contribution in [0.15, 0.2) is 47.2 Å². The lowest BCUT2D eigenvalue weighted by Gasteiger charge is -2.22. The van der Waals surface area contributed by atoms with Crippen LogP contribution >= 0.6 is 15.9 Å². The molecule has 0 atom stereocenters. The summed E-state index contributed by atoms with van der Waals surface area (Å²) in [5, 5.41) is 2.89. The lowest BCUT2D eigenvalue weighted by atomic mass is 9.83. The van der Waals surface area contributed by atoms with Crippen molar-refractivity contribution in [2.75, 3.05) is 5.32 Å². The molecule has 1 N–H and O–H groups in total. The molecule has 1 aromatic heterocycles. The van der Waals surface area contributed by atoms with Gasteiger partial charge >= 0.3 is 0 Å². The molecule has 0 radical (unpaired) electrons. The first-order valence-corrected chi connectivity index (χ1v) is 7.20. The number of halogens is 1. The van der Waals surface area contributed by atoms with E-state index in [2.05, 4.69) is 47.0 Å². The van der Waals surface area contributed by atoms with Crippen molar-refractivity contribution < 1.29 is 4.79 Å². The van der Waals surface area contributed by atoms with Crippen LogP contribution < -0.4 is 5.32 Å². The molecule has 20 heavy (non-hydrogen) atoms. The number of rotatable bonds is 2. The maximum Gasteiger partial charge on any atom is 0.256 e. The number of hydrogen-bond donors (Lipinski definition) is 1. The van der Waals surface area contributed by atoms with Crippen LogP contribution in [-0.4, -0.2) is 10.9 Å². The standard InChI is InChI=1S/C16H17BrN2O/c1-16(2,3)12-8-5-4-7-11(12)15(20)19-13-9-6-10-18-14(13)17/h4-10H,1-3H3,(H,19,20). The average molecular weight is 333 g/mol. The number of aromatic nitrogens is 1. The predicted molar refractivity (Wildman–Crippen MR) is 85.0 cm³/mol. The highest BCUT2D eigenvalue weighted by molar-refractivity contribution is 9.10. The summed E-state index contributed by atoms with van der Waals surface area (Å²) in [6.45, 7) is 6.29. The zero-order chi connectivity index (χ0) is 14.8. The Labute approximate surface area is 127 Å². The smallest absolute Gasteiger partial charge is 0.256 e. The minimum atomic E-state index is -0.121. The molecule has 2 rings (SSSR count). The number of hydrogen-bond acceptors (Lipinski definition) is 2. The Hall–Kier alpha value is -1.68. The van der Waals surface area contributed by atoms with Crippen LogP contribution in [0.3, 0.4) is 0 Å². The SMILES string of the molecule is CC(C)(C)c1ccccc1C(=O)Nc1cccnc1Br. The molecule has 0 aliphatic rings. The van der Waals surface area contributed by atoms with Crippen molar-refractivity contribution >= 4 is 27.5 Å². The first kappa shape index (κ1) is 14.7. The van der Waals surface area contributed by atoms with Gasteiger partial charge in [0, 0.05) is 11.8 Å². The van der Waals surface area contributed by atoms with Gasteiger partial charge in [-0.2, -0.15) is 0 Å². The number of nitrogens with one attached hydrogen (secondary N) is 1. The van der Waals surface area contributed by atoms with Crippen LogP contribution in [0.5, 0.6) is 0 Å². The first-order valence-electron chi connectivity index (χ1n) is 6.41. The van der Waals surface area contributed by atoms with E-state index in [9.17, 15) is 4.79 Å². The highest BCUT2D eigenvalue weighted by Gasteiger charge is 2.21. The third-order valence-electron chi connectivity index (χ3n) is 2.99. The van der Waals surface area contributed by atoms with Crippen LogP contribution in [0.2, 0.25) is 0 Å². The average Bonchev–Trinajstić information content (AvgIpc) is 2.40. The Balaban J connectivity index is 2.34. The van der Waals surface area contributed by atoms with Gasteiger partial charge in [0.15, 0.2) is 0 Å². The molecule has 2 aromatic rings. The van der Waals surface area contributed by atoms with E-state index in [1.54, 1.807) is 12.3 Å². The largest absolute Gasteiger partial charge is 0.320 e. The lowest BCUT2D eigenvalue weighted by molar-refractivity contribution is 0.102. The fraction of sp³-hybridized carbons (Fsp3) is 0.250.